The van der Waals surface area contributed by atoms with E-state index in [4.69, 9.17) is 0 Å². The maximum atomic E-state index is 4.18. The molecule has 0 aliphatic rings. The van der Waals surface area contributed by atoms with Gasteiger partial charge in [-0.1, -0.05) is 76.0 Å². The molecule has 0 amide bonds. The molecule has 3 aromatic heterocycles. The molecule has 0 aliphatic carbocycles. The molecule has 0 fully saturated rings. The van der Waals surface area contributed by atoms with Gasteiger partial charge in [-0.2, -0.15) is 0 Å². The predicted molar refractivity (Wildman–Crippen MR) is 135 cm³/mol. The summed E-state index contributed by atoms with van der Waals surface area (Å²) in [6.07, 6.45) is 7.31. The monoisotopic (exact) mass is 411 g/mol. The quantitative estimate of drug-likeness (QED) is 0.433. The number of aromatic nitrogens is 3. The molecule has 0 saturated carbocycles. The minimum absolute atomic E-state index is 0. The lowest BCUT2D eigenvalue weighted by Gasteiger charge is -2.01. The molecule has 0 bridgehead atoms. The molecule has 0 radical (unpaired) electrons. The Balaban J connectivity index is -0.000000347. The van der Waals surface area contributed by atoms with Crippen LogP contribution in [0.2, 0.25) is 0 Å². The van der Waals surface area contributed by atoms with Crippen molar-refractivity contribution in [2.45, 2.75) is 81.6 Å². The highest BCUT2D eigenvalue weighted by Gasteiger charge is 1.96. The molecule has 3 heterocycles. The van der Waals surface area contributed by atoms with E-state index >= 15 is 0 Å². The standard InChI is InChI=1S/3C8H11N.3CH4/c1-7(2)8-3-5-9-6-4-8;2*1-7(2)8-5-3-4-6-9-8;;;/h3*3-7H,1-2H3;3*1H4. The van der Waals surface area contributed by atoms with Crippen molar-refractivity contribution >= 4 is 0 Å². The summed E-state index contributed by atoms with van der Waals surface area (Å²) in [5, 5.41) is 0. The molecule has 0 aromatic carbocycles. The second-order valence-corrected chi connectivity index (χ2v) is 7.25. The van der Waals surface area contributed by atoms with Gasteiger partial charge < -0.3 is 0 Å². The van der Waals surface area contributed by atoms with Crippen molar-refractivity contribution in [2.75, 3.05) is 0 Å². The van der Waals surface area contributed by atoms with Gasteiger partial charge >= 0.3 is 0 Å². The van der Waals surface area contributed by atoms with E-state index < -0.39 is 0 Å². The fraction of sp³-hybridized carbons (Fsp3) is 0.444. The van der Waals surface area contributed by atoms with Gasteiger partial charge in [0.2, 0.25) is 0 Å². The largest absolute Gasteiger partial charge is 0.265 e. The topological polar surface area (TPSA) is 38.7 Å². The molecule has 30 heavy (non-hydrogen) atoms. The Morgan fingerprint density at radius 1 is 0.500 bits per heavy atom. The van der Waals surface area contributed by atoms with E-state index in [1.54, 1.807) is 0 Å². The lowest BCUT2D eigenvalue weighted by atomic mass is 10.1. The van der Waals surface area contributed by atoms with E-state index in [1.807, 2.05) is 73.3 Å². The minimum Gasteiger partial charge on any atom is -0.265 e. The summed E-state index contributed by atoms with van der Waals surface area (Å²) in [4.78, 5) is 12.3. The van der Waals surface area contributed by atoms with Crippen LogP contribution in [0.15, 0.2) is 73.3 Å². The molecule has 3 rings (SSSR count). The number of rotatable bonds is 3. The van der Waals surface area contributed by atoms with E-state index in [1.165, 1.54) is 5.56 Å². The zero-order valence-electron chi connectivity index (χ0n) is 17.5. The molecule has 3 nitrogen and oxygen atoms in total. The first-order chi connectivity index (χ1) is 12.9. The molecular formula is C27H45N3. The van der Waals surface area contributed by atoms with Crippen molar-refractivity contribution in [2.24, 2.45) is 0 Å². The Hall–Kier alpha value is -2.55. The summed E-state index contributed by atoms with van der Waals surface area (Å²) >= 11 is 0. The zero-order valence-corrected chi connectivity index (χ0v) is 17.5. The van der Waals surface area contributed by atoms with Crippen LogP contribution in [-0.2, 0) is 0 Å². The second kappa shape index (κ2) is 18.5. The summed E-state index contributed by atoms with van der Waals surface area (Å²) in [6.45, 7) is 12.9. The van der Waals surface area contributed by atoms with Gasteiger partial charge in [-0.25, -0.2) is 0 Å². The van der Waals surface area contributed by atoms with Gasteiger partial charge in [0.05, 0.1) is 0 Å². The van der Waals surface area contributed by atoms with Crippen molar-refractivity contribution in [3.05, 3.63) is 90.3 Å². The van der Waals surface area contributed by atoms with E-state index in [0.29, 0.717) is 17.8 Å². The Bertz CT molecular complexity index is 605. The van der Waals surface area contributed by atoms with Crippen LogP contribution in [0.5, 0.6) is 0 Å². The van der Waals surface area contributed by atoms with E-state index in [-0.39, 0.29) is 22.3 Å². The highest BCUT2D eigenvalue weighted by Crippen LogP contribution is 2.11. The summed E-state index contributed by atoms with van der Waals surface area (Å²) in [6, 6.07) is 16.1. The Morgan fingerprint density at radius 3 is 1.10 bits per heavy atom. The fourth-order valence-corrected chi connectivity index (χ4v) is 2.18. The van der Waals surface area contributed by atoms with Gasteiger partial charge in [0.1, 0.15) is 0 Å². The van der Waals surface area contributed by atoms with E-state index in [0.717, 1.165) is 11.4 Å². The van der Waals surface area contributed by atoms with Crippen LogP contribution in [0.1, 0.15) is 98.5 Å². The van der Waals surface area contributed by atoms with Crippen molar-refractivity contribution in [1.82, 2.24) is 15.0 Å². The zero-order chi connectivity index (χ0) is 20.1. The Labute approximate surface area is 187 Å². The highest BCUT2D eigenvalue weighted by atomic mass is 14.7. The summed E-state index contributed by atoms with van der Waals surface area (Å²) < 4.78 is 0. The third kappa shape index (κ3) is 13.6. The van der Waals surface area contributed by atoms with Gasteiger partial charge in [-0.15, -0.1) is 0 Å². The summed E-state index contributed by atoms with van der Waals surface area (Å²) in [5.41, 5.74) is 3.68. The smallest absolute Gasteiger partial charge is 0.0428 e. The second-order valence-electron chi connectivity index (χ2n) is 7.25. The molecule has 3 heteroatoms. The third-order valence-corrected chi connectivity index (χ3v) is 3.93. The Kier molecular flexibility index (Phi) is 19.8. The lowest BCUT2D eigenvalue weighted by Crippen LogP contribution is -1.88. The van der Waals surface area contributed by atoms with Gasteiger partial charge in [0.15, 0.2) is 0 Å². The van der Waals surface area contributed by atoms with Crippen molar-refractivity contribution in [3.63, 3.8) is 0 Å². The van der Waals surface area contributed by atoms with Crippen LogP contribution in [0.3, 0.4) is 0 Å². The van der Waals surface area contributed by atoms with Crippen LogP contribution in [0.4, 0.5) is 0 Å². The van der Waals surface area contributed by atoms with Crippen LogP contribution in [-0.4, -0.2) is 15.0 Å². The summed E-state index contributed by atoms with van der Waals surface area (Å²) in [7, 11) is 0. The first-order valence-electron chi connectivity index (χ1n) is 9.63. The van der Waals surface area contributed by atoms with Crippen molar-refractivity contribution < 1.29 is 0 Å². The molecule has 3 aromatic rings. The van der Waals surface area contributed by atoms with Gasteiger partial charge in [-0.05, 0) is 59.7 Å². The molecule has 168 valence electrons. The fourth-order valence-electron chi connectivity index (χ4n) is 2.18. The average molecular weight is 412 g/mol. The Morgan fingerprint density at radius 2 is 0.900 bits per heavy atom. The normalized spacial score (nSPS) is 9.10. The van der Waals surface area contributed by atoms with E-state index in [2.05, 4.69) is 56.5 Å². The van der Waals surface area contributed by atoms with Crippen molar-refractivity contribution in [1.29, 1.82) is 0 Å². The first-order valence-corrected chi connectivity index (χ1v) is 9.63. The van der Waals surface area contributed by atoms with Crippen LogP contribution < -0.4 is 0 Å². The minimum atomic E-state index is 0. The number of pyridine rings is 3. The maximum absolute atomic E-state index is 4.18. The molecule has 0 atom stereocenters. The molecule has 0 N–H and O–H groups in total. The predicted octanol–water partition coefficient (Wildman–Crippen LogP) is 8.52. The van der Waals surface area contributed by atoms with Crippen LogP contribution >= 0.6 is 0 Å². The molecule has 0 spiro atoms. The SMILES string of the molecule is C.C.C.CC(C)c1ccccn1.CC(C)c1ccccn1.CC(C)c1ccncc1. The number of hydrogen-bond donors (Lipinski definition) is 0. The van der Waals surface area contributed by atoms with Gasteiger partial charge in [0, 0.05) is 36.2 Å². The average Bonchev–Trinajstić information content (AvgIpc) is 2.71. The number of nitrogens with zero attached hydrogens (tertiary/aromatic N) is 3. The first kappa shape index (κ1) is 32.1. The molecular weight excluding hydrogens is 366 g/mol. The maximum Gasteiger partial charge on any atom is 0.0428 e. The van der Waals surface area contributed by atoms with Crippen LogP contribution in [0, 0.1) is 0 Å². The van der Waals surface area contributed by atoms with Crippen molar-refractivity contribution in [3.8, 4) is 0 Å². The van der Waals surface area contributed by atoms with Crippen LogP contribution in [0.25, 0.3) is 0 Å². The van der Waals surface area contributed by atoms with Gasteiger partial charge in [0.25, 0.3) is 0 Å². The summed E-state index contributed by atoms with van der Waals surface area (Å²) in [5.74, 6) is 1.71. The molecule has 0 aliphatic heterocycles. The molecule has 0 saturated heterocycles. The van der Waals surface area contributed by atoms with E-state index in [9.17, 15) is 0 Å². The lowest BCUT2D eigenvalue weighted by molar-refractivity contribution is 0.823. The third-order valence-electron chi connectivity index (χ3n) is 3.93. The molecule has 0 unspecified atom stereocenters. The van der Waals surface area contributed by atoms with Gasteiger partial charge in [-0.3, -0.25) is 15.0 Å². The highest BCUT2D eigenvalue weighted by molar-refractivity contribution is 5.13. The number of hydrogen-bond acceptors (Lipinski definition) is 3.